The van der Waals surface area contributed by atoms with Crippen LogP contribution in [-0.2, 0) is 37.9 Å². The van der Waals surface area contributed by atoms with E-state index in [1.807, 2.05) is 48.5 Å². The molecule has 2 aliphatic rings. The molecule has 172 valence electrons. The Morgan fingerprint density at radius 1 is 0.828 bits per heavy atom. The minimum Gasteiger partial charge on any atom is -0.350 e. The van der Waals surface area contributed by atoms with E-state index in [4.69, 9.17) is 37.9 Å². The summed E-state index contributed by atoms with van der Waals surface area (Å²) in [5.74, 6) is -2.06. The standard InChI is InChI=1S/C21H40O8/c1-8-18(28-20(10-3)23-13-16(6)26-20)22-12-15(5)25-19(9-2)29-21(11-4)24-14-17(7)27-21/h15-19H,8-14H2,1-7H3. The van der Waals surface area contributed by atoms with Crippen LogP contribution in [0.4, 0.5) is 0 Å². The van der Waals surface area contributed by atoms with Crippen LogP contribution in [0.25, 0.3) is 0 Å². The third-order valence-electron chi connectivity index (χ3n) is 4.89. The van der Waals surface area contributed by atoms with Crippen LogP contribution in [0.2, 0.25) is 0 Å². The van der Waals surface area contributed by atoms with Gasteiger partial charge in [-0.1, -0.05) is 27.7 Å². The highest BCUT2D eigenvalue weighted by molar-refractivity contribution is 4.69. The summed E-state index contributed by atoms with van der Waals surface area (Å²) in [6.07, 6.45) is 1.42. The minimum absolute atomic E-state index is 0.00399. The second-order valence-corrected chi connectivity index (χ2v) is 7.74. The van der Waals surface area contributed by atoms with Crippen molar-refractivity contribution >= 4 is 0 Å². The first-order chi connectivity index (χ1) is 13.8. The molecule has 2 aliphatic heterocycles. The maximum absolute atomic E-state index is 6.03. The molecule has 0 aliphatic carbocycles. The van der Waals surface area contributed by atoms with Crippen LogP contribution in [-0.4, -0.2) is 62.7 Å². The van der Waals surface area contributed by atoms with Gasteiger partial charge in [-0.2, -0.15) is 0 Å². The molecule has 7 atom stereocenters. The number of hydrogen-bond donors (Lipinski definition) is 0. The van der Waals surface area contributed by atoms with Crippen LogP contribution in [0.5, 0.6) is 0 Å². The van der Waals surface area contributed by atoms with E-state index in [1.165, 1.54) is 0 Å². The van der Waals surface area contributed by atoms with Gasteiger partial charge in [0.2, 0.25) is 0 Å². The van der Waals surface area contributed by atoms with Crippen molar-refractivity contribution in [3.63, 3.8) is 0 Å². The van der Waals surface area contributed by atoms with Crippen LogP contribution in [0.1, 0.15) is 74.1 Å². The van der Waals surface area contributed by atoms with Gasteiger partial charge in [0.25, 0.3) is 11.9 Å². The highest BCUT2D eigenvalue weighted by Crippen LogP contribution is 2.32. The molecule has 8 heteroatoms. The Kier molecular flexibility index (Phi) is 9.76. The Bertz CT molecular complexity index is 478. The van der Waals surface area contributed by atoms with Crippen molar-refractivity contribution in [3.8, 4) is 0 Å². The van der Waals surface area contributed by atoms with Crippen LogP contribution in [0.15, 0.2) is 0 Å². The summed E-state index contributed by atoms with van der Waals surface area (Å²) in [5.41, 5.74) is 0. The van der Waals surface area contributed by atoms with Crippen molar-refractivity contribution in [1.29, 1.82) is 0 Å². The van der Waals surface area contributed by atoms with Gasteiger partial charge in [-0.25, -0.2) is 0 Å². The van der Waals surface area contributed by atoms with Crippen molar-refractivity contribution < 1.29 is 37.9 Å². The zero-order chi connectivity index (χ0) is 21.5. The summed E-state index contributed by atoms with van der Waals surface area (Å²) in [6, 6.07) is 0. The Balaban J connectivity index is 1.81. The molecule has 29 heavy (non-hydrogen) atoms. The Labute approximate surface area is 175 Å². The molecule has 0 aromatic carbocycles. The van der Waals surface area contributed by atoms with Crippen molar-refractivity contribution in [1.82, 2.24) is 0 Å². The van der Waals surface area contributed by atoms with E-state index in [1.54, 1.807) is 0 Å². The predicted molar refractivity (Wildman–Crippen MR) is 106 cm³/mol. The molecule has 0 spiro atoms. The van der Waals surface area contributed by atoms with Crippen LogP contribution < -0.4 is 0 Å². The second kappa shape index (κ2) is 11.3. The maximum atomic E-state index is 6.03. The molecule has 0 radical (unpaired) electrons. The van der Waals surface area contributed by atoms with Crippen molar-refractivity contribution in [2.24, 2.45) is 0 Å². The average molecular weight is 421 g/mol. The summed E-state index contributed by atoms with van der Waals surface area (Å²) in [6.45, 7) is 15.2. The quantitative estimate of drug-likeness (QED) is 0.415. The first-order valence-electron chi connectivity index (χ1n) is 11.0. The minimum atomic E-state index is -1.03. The van der Waals surface area contributed by atoms with Gasteiger partial charge in [-0.05, 0) is 33.6 Å². The smallest absolute Gasteiger partial charge is 0.285 e. The number of rotatable bonds is 13. The molecular formula is C21H40O8. The van der Waals surface area contributed by atoms with Gasteiger partial charge in [-0.15, -0.1) is 0 Å². The normalized spacial score (nSPS) is 35.7. The summed E-state index contributed by atoms with van der Waals surface area (Å²) < 4.78 is 47.1. The van der Waals surface area contributed by atoms with Gasteiger partial charge in [0.15, 0.2) is 12.6 Å². The fraction of sp³-hybridized carbons (Fsp3) is 1.00. The Morgan fingerprint density at radius 3 is 1.69 bits per heavy atom. The highest BCUT2D eigenvalue weighted by Gasteiger charge is 2.43. The molecule has 2 heterocycles. The van der Waals surface area contributed by atoms with E-state index in [0.717, 1.165) is 0 Å². The second-order valence-electron chi connectivity index (χ2n) is 7.74. The fourth-order valence-corrected chi connectivity index (χ4v) is 3.28. The largest absolute Gasteiger partial charge is 0.350 e. The molecular weight excluding hydrogens is 380 g/mol. The van der Waals surface area contributed by atoms with E-state index in [0.29, 0.717) is 45.5 Å². The predicted octanol–water partition coefficient (Wildman–Crippen LogP) is 3.91. The third kappa shape index (κ3) is 7.11. The lowest BCUT2D eigenvalue weighted by atomic mass is 10.3. The molecule has 0 bridgehead atoms. The molecule has 0 saturated carbocycles. The number of hydrogen-bond acceptors (Lipinski definition) is 8. The molecule has 0 N–H and O–H groups in total. The first-order valence-corrected chi connectivity index (χ1v) is 11.0. The first kappa shape index (κ1) is 24.9. The van der Waals surface area contributed by atoms with Crippen LogP contribution in [0, 0.1) is 0 Å². The lowest BCUT2D eigenvalue weighted by Crippen LogP contribution is -2.41. The van der Waals surface area contributed by atoms with Crippen LogP contribution >= 0.6 is 0 Å². The van der Waals surface area contributed by atoms with Crippen LogP contribution in [0.3, 0.4) is 0 Å². The molecule has 7 unspecified atom stereocenters. The zero-order valence-electron chi connectivity index (χ0n) is 19.1. The molecule has 2 rings (SSSR count). The average Bonchev–Trinajstić information content (AvgIpc) is 3.27. The lowest BCUT2D eigenvalue weighted by Gasteiger charge is -2.33. The SMILES string of the molecule is CCC(OCC(C)OC(CC)OC1(CC)OCC(C)O1)OC1(CC)OCC(C)O1. The zero-order valence-corrected chi connectivity index (χ0v) is 19.1. The summed E-state index contributed by atoms with van der Waals surface area (Å²) >= 11 is 0. The van der Waals surface area contributed by atoms with E-state index in [2.05, 4.69) is 0 Å². The van der Waals surface area contributed by atoms with Crippen molar-refractivity contribution in [3.05, 3.63) is 0 Å². The van der Waals surface area contributed by atoms with Crippen molar-refractivity contribution in [2.75, 3.05) is 19.8 Å². The monoisotopic (exact) mass is 420 g/mol. The molecule has 2 fully saturated rings. The molecule has 0 amide bonds. The van der Waals surface area contributed by atoms with Gasteiger partial charge in [0.1, 0.15) is 0 Å². The van der Waals surface area contributed by atoms with Gasteiger partial charge in [0.05, 0.1) is 38.1 Å². The summed E-state index contributed by atoms with van der Waals surface area (Å²) in [4.78, 5) is 0. The Hall–Kier alpha value is -0.320. The van der Waals surface area contributed by atoms with E-state index in [9.17, 15) is 0 Å². The van der Waals surface area contributed by atoms with E-state index in [-0.39, 0.29) is 18.3 Å². The fourth-order valence-electron chi connectivity index (χ4n) is 3.28. The lowest BCUT2D eigenvalue weighted by molar-refractivity contribution is -0.398. The van der Waals surface area contributed by atoms with Crippen molar-refractivity contribution in [2.45, 2.75) is 117 Å². The van der Waals surface area contributed by atoms with E-state index >= 15 is 0 Å². The molecule has 8 nitrogen and oxygen atoms in total. The van der Waals surface area contributed by atoms with Gasteiger partial charge in [0, 0.05) is 12.8 Å². The third-order valence-corrected chi connectivity index (χ3v) is 4.89. The topological polar surface area (TPSA) is 73.8 Å². The Morgan fingerprint density at radius 2 is 1.31 bits per heavy atom. The molecule has 2 saturated heterocycles. The van der Waals surface area contributed by atoms with Gasteiger partial charge in [-0.3, -0.25) is 9.47 Å². The molecule has 0 aromatic heterocycles. The van der Waals surface area contributed by atoms with Gasteiger partial charge >= 0.3 is 0 Å². The van der Waals surface area contributed by atoms with Gasteiger partial charge < -0.3 is 28.4 Å². The molecule has 0 aromatic rings. The maximum Gasteiger partial charge on any atom is 0.285 e. The summed E-state index contributed by atoms with van der Waals surface area (Å²) in [5, 5.41) is 0. The summed E-state index contributed by atoms with van der Waals surface area (Å²) in [7, 11) is 0. The number of ether oxygens (including phenoxy) is 8. The highest BCUT2D eigenvalue weighted by atomic mass is 16.9. The van der Waals surface area contributed by atoms with E-state index < -0.39 is 24.5 Å².